The largest absolute Gasteiger partial charge is 0.481 e. The number of carboxylic acids is 1. The first-order valence-corrected chi connectivity index (χ1v) is 7.46. The van der Waals surface area contributed by atoms with E-state index in [-0.39, 0.29) is 19.5 Å². The average Bonchev–Trinajstić information content (AvgIpc) is 2.88. The van der Waals surface area contributed by atoms with Crippen LogP contribution in [0.3, 0.4) is 0 Å². The van der Waals surface area contributed by atoms with E-state index in [2.05, 4.69) is 0 Å². The van der Waals surface area contributed by atoms with Gasteiger partial charge in [0.05, 0.1) is 16.4 Å². The number of carboxylic acid groups (broad SMARTS) is 1. The molecule has 1 saturated heterocycles. The lowest BCUT2D eigenvalue weighted by molar-refractivity contribution is -0.141. The SMILES string of the molecule is O=C(O)C1CCN(S(=O)(=O)c2cccc(C(F)(F)F)c2)C1. The normalized spacial score (nSPS) is 20.6. The first-order valence-electron chi connectivity index (χ1n) is 6.02. The molecule has 1 N–H and O–H groups in total. The first-order chi connectivity index (χ1) is 9.62. The van der Waals surface area contributed by atoms with Gasteiger partial charge < -0.3 is 5.11 Å². The fraction of sp³-hybridized carbons (Fsp3) is 0.417. The highest BCUT2D eigenvalue weighted by atomic mass is 32.2. The molecule has 1 aliphatic rings. The van der Waals surface area contributed by atoms with Gasteiger partial charge in [-0.15, -0.1) is 0 Å². The van der Waals surface area contributed by atoms with Crippen molar-refractivity contribution < 1.29 is 31.5 Å². The van der Waals surface area contributed by atoms with Crippen LogP contribution in [0.15, 0.2) is 29.2 Å². The van der Waals surface area contributed by atoms with Gasteiger partial charge in [0, 0.05) is 13.1 Å². The van der Waals surface area contributed by atoms with Crippen LogP contribution in [0.4, 0.5) is 13.2 Å². The van der Waals surface area contributed by atoms with Crippen LogP contribution < -0.4 is 0 Å². The summed E-state index contributed by atoms with van der Waals surface area (Å²) < 4.78 is 63.2. The molecule has 1 fully saturated rings. The number of aliphatic carboxylic acids is 1. The van der Waals surface area contributed by atoms with E-state index in [1.54, 1.807) is 0 Å². The minimum atomic E-state index is -4.64. The lowest BCUT2D eigenvalue weighted by Crippen LogP contribution is -2.30. The van der Waals surface area contributed by atoms with Crippen LogP contribution in [-0.4, -0.2) is 36.9 Å². The van der Waals surface area contributed by atoms with E-state index >= 15 is 0 Å². The van der Waals surface area contributed by atoms with E-state index in [1.807, 2.05) is 0 Å². The van der Waals surface area contributed by atoms with E-state index < -0.39 is 38.5 Å². The number of hydrogen-bond donors (Lipinski definition) is 1. The van der Waals surface area contributed by atoms with Crippen molar-refractivity contribution in [3.05, 3.63) is 29.8 Å². The highest BCUT2D eigenvalue weighted by Crippen LogP contribution is 2.32. The summed E-state index contributed by atoms with van der Waals surface area (Å²) in [5.74, 6) is -1.94. The van der Waals surface area contributed by atoms with E-state index in [1.165, 1.54) is 0 Å². The highest BCUT2D eigenvalue weighted by molar-refractivity contribution is 7.89. The van der Waals surface area contributed by atoms with Gasteiger partial charge in [-0.3, -0.25) is 4.79 Å². The molecule has 2 rings (SSSR count). The third kappa shape index (κ3) is 3.18. The van der Waals surface area contributed by atoms with Crippen LogP contribution in [0, 0.1) is 5.92 Å². The van der Waals surface area contributed by atoms with Crippen molar-refractivity contribution in [2.45, 2.75) is 17.5 Å². The van der Waals surface area contributed by atoms with Crippen molar-refractivity contribution in [2.24, 2.45) is 5.92 Å². The quantitative estimate of drug-likeness (QED) is 0.920. The Bertz CT molecular complexity index is 657. The molecule has 0 bridgehead atoms. The van der Waals surface area contributed by atoms with Crippen LogP contribution in [-0.2, 0) is 21.0 Å². The summed E-state index contributed by atoms with van der Waals surface area (Å²) in [5, 5.41) is 8.85. The number of alkyl halides is 3. The Labute approximate surface area is 119 Å². The smallest absolute Gasteiger partial charge is 0.416 e. The predicted molar refractivity (Wildman–Crippen MR) is 65.9 cm³/mol. The van der Waals surface area contributed by atoms with E-state index in [9.17, 15) is 26.4 Å². The van der Waals surface area contributed by atoms with Gasteiger partial charge in [-0.05, 0) is 24.6 Å². The third-order valence-corrected chi connectivity index (χ3v) is 5.16. The fourth-order valence-corrected chi connectivity index (χ4v) is 3.68. The Hall–Kier alpha value is -1.61. The number of nitrogens with zero attached hydrogens (tertiary/aromatic N) is 1. The van der Waals surface area contributed by atoms with Crippen LogP contribution in [0.2, 0.25) is 0 Å². The maximum absolute atomic E-state index is 12.6. The lowest BCUT2D eigenvalue weighted by Gasteiger charge is -2.17. The van der Waals surface area contributed by atoms with Gasteiger partial charge in [-0.2, -0.15) is 17.5 Å². The van der Waals surface area contributed by atoms with Gasteiger partial charge in [-0.1, -0.05) is 6.07 Å². The van der Waals surface area contributed by atoms with Crippen molar-refractivity contribution >= 4 is 16.0 Å². The molecule has 0 aliphatic carbocycles. The number of benzene rings is 1. The predicted octanol–water partition coefficient (Wildman–Crippen LogP) is 1.80. The zero-order valence-corrected chi connectivity index (χ0v) is 11.5. The molecule has 1 aromatic carbocycles. The second-order valence-corrected chi connectivity index (χ2v) is 6.65. The van der Waals surface area contributed by atoms with Crippen LogP contribution >= 0.6 is 0 Å². The Morgan fingerprint density at radius 3 is 2.52 bits per heavy atom. The molecular formula is C12H12F3NO4S. The number of sulfonamides is 1. The molecule has 0 saturated carbocycles. The number of rotatable bonds is 3. The molecule has 0 aromatic heterocycles. The summed E-state index contributed by atoms with van der Waals surface area (Å²) >= 11 is 0. The molecule has 0 amide bonds. The standard InChI is InChI=1S/C12H12F3NO4S/c13-12(14,15)9-2-1-3-10(6-9)21(19,20)16-5-4-8(7-16)11(17)18/h1-3,6,8H,4-5,7H2,(H,17,18). The minimum Gasteiger partial charge on any atom is -0.481 e. The zero-order valence-electron chi connectivity index (χ0n) is 10.7. The summed E-state index contributed by atoms with van der Waals surface area (Å²) in [5.41, 5.74) is -1.06. The first kappa shape index (κ1) is 15.8. The van der Waals surface area contributed by atoms with Crippen molar-refractivity contribution in [1.29, 1.82) is 0 Å². The van der Waals surface area contributed by atoms with Crippen molar-refractivity contribution in [3.8, 4) is 0 Å². The molecule has 0 spiro atoms. The van der Waals surface area contributed by atoms with Crippen LogP contribution in [0.1, 0.15) is 12.0 Å². The van der Waals surface area contributed by atoms with Crippen molar-refractivity contribution in [1.82, 2.24) is 4.31 Å². The Balaban J connectivity index is 2.31. The number of halogens is 3. The molecule has 1 aliphatic heterocycles. The van der Waals surface area contributed by atoms with E-state index in [0.29, 0.717) is 6.07 Å². The second-order valence-electron chi connectivity index (χ2n) is 4.71. The van der Waals surface area contributed by atoms with Gasteiger partial charge in [0.25, 0.3) is 0 Å². The topological polar surface area (TPSA) is 74.7 Å². The molecule has 116 valence electrons. The Morgan fingerprint density at radius 2 is 2.00 bits per heavy atom. The molecule has 21 heavy (non-hydrogen) atoms. The fourth-order valence-electron chi connectivity index (χ4n) is 2.13. The minimum absolute atomic E-state index is 0.0183. The van der Waals surface area contributed by atoms with Gasteiger partial charge in [0.15, 0.2) is 0 Å². The zero-order chi connectivity index (χ0) is 15.8. The number of carbonyl (C=O) groups is 1. The monoisotopic (exact) mass is 323 g/mol. The molecule has 1 atom stereocenters. The molecular weight excluding hydrogens is 311 g/mol. The number of hydrogen-bond acceptors (Lipinski definition) is 3. The summed E-state index contributed by atoms with van der Waals surface area (Å²) in [7, 11) is -4.12. The Morgan fingerprint density at radius 1 is 1.33 bits per heavy atom. The molecule has 9 heteroatoms. The van der Waals surface area contributed by atoms with E-state index in [4.69, 9.17) is 5.11 Å². The highest BCUT2D eigenvalue weighted by Gasteiger charge is 2.37. The summed E-state index contributed by atoms with van der Waals surface area (Å²) in [6, 6.07) is 3.42. The molecule has 0 radical (unpaired) electrons. The molecule has 5 nitrogen and oxygen atoms in total. The summed E-state index contributed by atoms with van der Waals surface area (Å²) in [6.45, 7) is -0.247. The molecule has 1 unspecified atom stereocenters. The van der Waals surface area contributed by atoms with Crippen LogP contribution in [0.5, 0.6) is 0 Å². The molecule has 1 heterocycles. The van der Waals surface area contributed by atoms with Crippen molar-refractivity contribution in [2.75, 3.05) is 13.1 Å². The van der Waals surface area contributed by atoms with Gasteiger partial charge >= 0.3 is 12.1 Å². The van der Waals surface area contributed by atoms with Gasteiger partial charge in [0.1, 0.15) is 0 Å². The summed E-state index contributed by atoms with van der Waals surface area (Å²) in [4.78, 5) is 10.3. The maximum atomic E-state index is 12.6. The Kier molecular flexibility index (Phi) is 3.98. The average molecular weight is 323 g/mol. The molecule has 1 aromatic rings. The lowest BCUT2D eigenvalue weighted by atomic mass is 10.1. The van der Waals surface area contributed by atoms with E-state index in [0.717, 1.165) is 22.5 Å². The van der Waals surface area contributed by atoms with Crippen LogP contribution in [0.25, 0.3) is 0 Å². The third-order valence-electron chi connectivity index (χ3n) is 3.30. The van der Waals surface area contributed by atoms with Gasteiger partial charge in [-0.25, -0.2) is 8.42 Å². The second kappa shape index (κ2) is 5.30. The summed E-state index contributed by atoms with van der Waals surface area (Å²) in [6.07, 6.45) is -4.49. The van der Waals surface area contributed by atoms with Gasteiger partial charge in [0.2, 0.25) is 10.0 Å². The van der Waals surface area contributed by atoms with Crippen molar-refractivity contribution in [3.63, 3.8) is 0 Å². The maximum Gasteiger partial charge on any atom is 0.416 e.